The first-order valence-corrected chi connectivity index (χ1v) is 6.73. The normalized spacial score (nSPS) is 15.1. The van der Waals surface area contributed by atoms with Crippen molar-refractivity contribution in [1.82, 2.24) is 10.9 Å². The zero-order valence-electron chi connectivity index (χ0n) is 12.8. The van der Waals surface area contributed by atoms with E-state index in [-0.39, 0.29) is 5.75 Å². The second-order valence-electron chi connectivity index (χ2n) is 5.18. The number of aliphatic hydroxyl groups is 1. The molecular formula is C14H16F4N2O4. The van der Waals surface area contributed by atoms with Crippen LogP contribution in [0.15, 0.2) is 24.3 Å². The van der Waals surface area contributed by atoms with E-state index in [0.29, 0.717) is 6.92 Å². The van der Waals surface area contributed by atoms with E-state index in [9.17, 15) is 27.2 Å². The van der Waals surface area contributed by atoms with Gasteiger partial charge in [0.25, 0.3) is 5.91 Å². The van der Waals surface area contributed by atoms with Crippen molar-refractivity contribution in [3.05, 3.63) is 30.1 Å². The molecular weight excluding hydrogens is 336 g/mol. The number of ether oxygens (including phenoxy) is 1. The Morgan fingerprint density at radius 1 is 1.25 bits per heavy atom. The Kier molecular flexibility index (Phi) is 6.13. The smallest absolute Gasteiger partial charge is 0.417 e. The molecule has 1 aromatic rings. The summed E-state index contributed by atoms with van der Waals surface area (Å²) in [5.41, 5.74) is 0.312. The van der Waals surface area contributed by atoms with Gasteiger partial charge < -0.3 is 9.84 Å². The van der Waals surface area contributed by atoms with Gasteiger partial charge in [0.1, 0.15) is 0 Å². The lowest BCUT2D eigenvalue weighted by molar-refractivity contribution is -0.253. The molecule has 2 amide bonds. The van der Waals surface area contributed by atoms with Crippen molar-refractivity contribution in [2.45, 2.75) is 38.1 Å². The first kappa shape index (κ1) is 19.7. The van der Waals surface area contributed by atoms with Crippen LogP contribution in [0.3, 0.4) is 0 Å². The number of nitrogens with one attached hydrogen (secondary N) is 2. The Labute approximate surface area is 134 Å². The first-order valence-electron chi connectivity index (χ1n) is 6.73. The van der Waals surface area contributed by atoms with E-state index in [1.807, 2.05) is 5.43 Å². The second-order valence-corrected chi connectivity index (χ2v) is 5.18. The minimum absolute atomic E-state index is 0.202. The van der Waals surface area contributed by atoms with E-state index < -0.39 is 41.9 Å². The minimum Gasteiger partial charge on any atom is -0.478 e. The molecule has 24 heavy (non-hydrogen) atoms. The molecule has 0 heterocycles. The predicted molar refractivity (Wildman–Crippen MR) is 74.1 cm³/mol. The molecule has 0 saturated carbocycles. The van der Waals surface area contributed by atoms with Gasteiger partial charge in [-0.05, 0) is 26.0 Å². The lowest BCUT2D eigenvalue weighted by Crippen LogP contribution is -2.51. The van der Waals surface area contributed by atoms with Crippen LogP contribution in [0.5, 0.6) is 5.75 Å². The third kappa shape index (κ3) is 5.37. The second kappa shape index (κ2) is 7.47. The fourth-order valence-corrected chi connectivity index (χ4v) is 1.47. The van der Waals surface area contributed by atoms with E-state index >= 15 is 0 Å². The molecule has 6 nitrogen and oxygen atoms in total. The Hall–Kier alpha value is -2.36. The Balaban J connectivity index is 2.51. The van der Waals surface area contributed by atoms with Crippen LogP contribution >= 0.6 is 0 Å². The molecule has 0 unspecified atom stereocenters. The highest BCUT2D eigenvalue weighted by atomic mass is 19.4. The lowest BCUT2D eigenvalue weighted by atomic mass is 10.0. The quantitative estimate of drug-likeness (QED) is 0.553. The molecule has 0 aliphatic carbocycles. The number of para-hydroxylation sites is 1. The number of hydrazine groups is 1. The summed E-state index contributed by atoms with van der Waals surface area (Å²) in [6.07, 6.45) is -7.54. The van der Waals surface area contributed by atoms with Crippen molar-refractivity contribution in [2.24, 2.45) is 0 Å². The molecule has 1 aromatic carbocycles. The van der Waals surface area contributed by atoms with E-state index in [4.69, 9.17) is 9.84 Å². The molecule has 2 atom stereocenters. The van der Waals surface area contributed by atoms with Crippen molar-refractivity contribution in [3.8, 4) is 5.75 Å². The van der Waals surface area contributed by atoms with Crippen molar-refractivity contribution < 1.29 is 37.0 Å². The number of amides is 2. The molecule has 0 spiro atoms. The molecule has 0 aliphatic rings. The summed E-state index contributed by atoms with van der Waals surface area (Å²) < 4.78 is 55.7. The van der Waals surface area contributed by atoms with Crippen molar-refractivity contribution in [2.75, 3.05) is 0 Å². The summed E-state index contributed by atoms with van der Waals surface area (Å²) in [7, 11) is 0. The van der Waals surface area contributed by atoms with E-state index in [2.05, 4.69) is 0 Å². The third-order valence-corrected chi connectivity index (χ3v) is 2.95. The SMILES string of the molecule is C[C@@H](Oc1ccccc1F)C(=O)NNC(=O)C[C@](C)(O)C(F)(F)F. The van der Waals surface area contributed by atoms with Crippen LogP contribution < -0.4 is 15.6 Å². The Bertz CT molecular complexity index is 605. The minimum atomic E-state index is -5.00. The highest BCUT2D eigenvalue weighted by molar-refractivity contribution is 5.84. The monoisotopic (exact) mass is 352 g/mol. The molecule has 0 saturated heterocycles. The van der Waals surface area contributed by atoms with Crippen molar-refractivity contribution in [1.29, 1.82) is 0 Å². The first-order chi connectivity index (χ1) is 10.9. The predicted octanol–water partition coefficient (Wildman–Crippen LogP) is 1.44. The third-order valence-electron chi connectivity index (χ3n) is 2.95. The van der Waals surface area contributed by atoms with E-state index in [1.165, 1.54) is 25.1 Å². The fourth-order valence-electron chi connectivity index (χ4n) is 1.47. The number of carbonyl (C=O) groups excluding carboxylic acids is 2. The number of hydrogen-bond acceptors (Lipinski definition) is 4. The van der Waals surface area contributed by atoms with Gasteiger partial charge in [-0.3, -0.25) is 20.4 Å². The topological polar surface area (TPSA) is 87.7 Å². The van der Waals surface area contributed by atoms with Crippen LogP contribution in [-0.4, -0.2) is 34.8 Å². The van der Waals surface area contributed by atoms with Gasteiger partial charge in [0.15, 0.2) is 23.3 Å². The maximum Gasteiger partial charge on any atom is 0.417 e. The van der Waals surface area contributed by atoms with Crippen LogP contribution in [0.25, 0.3) is 0 Å². The number of halogens is 4. The zero-order chi connectivity index (χ0) is 18.5. The number of alkyl halides is 3. The van der Waals surface area contributed by atoms with E-state index in [1.54, 1.807) is 5.43 Å². The van der Waals surface area contributed by atoms with Crippen LogP contribution in [0.4, 0.5) is 17.6 Å². The van der Waals surface area contributed by atoms with Gasteiger partial charge in [-0.25, -0.2) is 4.39 Å². The summed E-state index contributed by atoms with van der Waals surface area (Å²) in [6, 6.07) is 5.28. The van der Waals surface area contributed by atoms with Crippen LogP contribution in [-0.2, 0) is 9.59 Å². The highest BCUT2D eigenvalue weighted by Gasteiger charge is 2.51. The number of benzene rings is 1. The standard InChI is InChI=1S/C14H16F4N2O4/c1-8(24-10-6-4-3-5-9(10)15)12(22)20-19-11(21)7-13(2,23)14(16,17)18/h3-6,8,23H,7H2,1-2H3,(H,19,21)(H,20,22)/t8-,13+/m1/s1. The van der Waals surface area contributed by atoms with Gasteiger partial charge in [0.05, 0.1) is 6.42 Å². The molecule has 3 N–H and O–H groups in total. The van der Waals surface area contributed by atoms with Crippen molar-refractivity contribution in [3.63, 3.8) is 0 Å². The summed E-state index contributed by atoms with van der Waals surface area (Å²) in [5, 5.41) is 9.16. The number of hydrogen-bond donors (Lipinski definition) is 3. The molecule has 0 aliphatic heterocycles. The molecule has 0 fully saturated rings. The van der Waals surface area contributed by atoms with Gasteiger partial charge in [-0.15, -0.1) is 0 Å². The summed E-state index contributed by atoms with van der Waals surface area (Å²) in [6.45, 7) is 1.68. The number of carbonyl (C=O) groups is 2. The Morgan fingerprint density at radius 3 is 2.38 bits per heavy atom. The van der Waals surface area contributed by atoms with Gasteiger partial charge in [-0.2, -0.15) is 13.2 Å². The fraction of sp³-hybridized carbons (Fsp3) is 0.429. The maximum absolute atomic E-state index is 13.4. The molecule has 0 bridgehead atoms. The van der Waals surface area contributed by atoms with Crippen LogP contribution in [0, 0.1) is 5.82 Å². The summed E-state index contributed by atoms with van der Waals surface area (Å²) in [4.78, 5) is 23.0. The molecule has 1 rings (SSSR count). The molecule has 10 heteroatoms. The van der Waals surface area contributed by atoms with Gasteiger partial charge in [0, 0.05) is 0 Å². The Morgan fingerprint density at radius 2 is 1.83 bits per heavy atom. The lowest BCUT2D eigenvalue weighted by Gasteiger charge is -2.25. The molecule has 0 aromatic heterocycles. The van der Waals surface area contributed by atoms with Gasteiger partial charge in [0.2, 0.25) is 5.91 Å². The average molecular weight is 352 g/mol. The van der Waals surface area contributed by atoms with Crippen LogP contribution in [0.2, 0.25) is 0 Å². The van der Waals surface area contributed by atoms with Gasteiger partial charge >= 0.3 is 6.18 Å². The number of rotatable bonds is 5. The van der Waals surface area contributed by atoms with Gasteiger partial charge in [-0.1, -0.05) is 12.1 Å². The maximum atomic E-state index is 13.4. The highest BCUT2D eigenvalue weighted by Crippen LogP contribution is 2.32. The largest absolute Gasteiger partial charge is 0.478 e. The summed E-state index contributed by atoms with van der Waals surface area (Å²) >= 11 is 0. The average Bonchev–Trinajstić information content (AvgIpc) is 2.45. The van der Waals surface area contributed by atoms with Crippen molar-refractivity contribution >= 4 is 11.8 Å². The molecule has 134 valence electrons. The zero-order valence-corrected chi connectivity index (χ0v) is 12.8. The van der Waals surface area contributed by atoms with Crippen LogP contribution in [0.1, 0.15) is 20.3 Å². The van der Waals surface area contributed by atoms with E-state index in [0.717, 1.165) is 6.07 Å². The summed E-state index contributed by atoms with van der Waals surface area (Å²) in [5.74, 6) is -3.09. The molecule has 0 radical (unpaired) electrons.